The third-order valence-electron chi connectivity index (χ3n) is 1.14. The second-order valence-electron chi connectivity index (χ2n) is 1.96. The number of nitrogens with zero attached hydrogens (tertiary/aromatic N) is 4. The molecule has 0 aliphatic carbocycles. The summed E-state index contributed by atoms with van der Waals surface area (Å²) in [5.41, 5.74) is 7.95. The largest absolute Gasteiger partial charge is 0.265 e. The molecule has 0 amide bonds. The third-order valence-corrected chi connectivity index (χ3v) is 2.49. The second kappa shape index (κ2) is 3.61. The van der Waals surface area contributed by atoms with Crippen molar-refractivity contribution in [1.29, 1.82) is 0 Å². The maximum absolute atomic E-state index is 11.0. The van der Waals surface area contributed by atoms with Crippen molar-refractivity contribution in [3.05, 3.63) is 33.9 Å². The van der Waals surface area contributed by atoms with Crippen LogP contribution in [0.25, 0.3) is 10.4 Å². The fourth-order valence-electron chi connectivity index (χ4n) is 0.610. The number of rotatable bonds is 2. The van der Waals surface area contributed by atoms with Gasteiger partial charge in [0.2, 0.25) is 0 Å². The fourth-order valence-corrected chi connectivity index (χ4v) is 1.34. The van der Waals surface area contributed by atoms with E-state index in [4.69, 9.17) is 17.1 Å². The van der Waals surface area contributed by atoms with Crippen LogP contribution in [-0.4, -0.2) is 13.4 Å². The lowest BCUT2D eigenvalue weighted by atomic mass is 10.5. The van der Waals surface area contributed by atoms with E-state index in [0.29, 0.717) is 0 Å². The minimum absolute atomic E-state index is 0.167. The van der Waals surface area contributed by atoms with Gasteiger partial charge in [-0.3, -0.25) is 0 Å². The molecule has 0 aliphatic rings. The first-order chi connectivity index (χ1) is 6.06. The maximum atomic E-state index is 11.0. The first kappa shape index (κ1) is 9.79. The van der Waals surface area contributed by atoms with E-state index in [0.717, 1.165) is 6.20 Å². The minimum atomic E-state index is -3.94. The highest BCUT2D eigenvalue weighted by atomic mass is 35.5. The maximum Gasteiger partial charge on any atom is 0.265 e. The summed E-state index contributed by atoms with van der Waals surface area (Å²) >= 11 is 5.43. The molecule has 1 heterocycles. The van der Waals surface area contributed by atoms with Gasteiger partial charge in [-0.15, -0.1) is 0 Å². The van der Waals surface area contributed by atoms with Gasteiger partial charge in [0.25, 0.3) is 10.0 Å². The first-order valence-electron chi connectivity index (χ1n) is 2.99. The van der Waals surface area contributed by atoms with E-state index in [-0.39, 0.29) is 10.0 Å². The highest BCUT2D eigenvalue weighted by Crippen LogP contribution is 2.13. The van der Waals surface area contributed by atoms with Crippen molar-refractivity contribution in [2.75, 3.05) is 0 Å². The Kier molecular flexibility index (Phi) is 2.72. The fraction of sp³-hybridized carbons (Fsp3) is 0. The Hall–Kier alpha value is -1.30. The summed E-state index contributed by atoms with van der Waals surface area (Å²) in [7, 11) is -3.94. The average molecular weight is 219 g/mol. The topological polar surface area (TPSA) is 95.8 Å². The number of sulfonamides is 1. The van der Waals surface area contributed by atoms with Gasteiger partial charge in [0.1, 0.15) is 5.15 Å². The van der Waals surface area contributed by atoms with Gasteiger partial charge in [-0.25, -0.2) is 13.4 Å². The van der Waals surface area contributed by atoms with E-state index in [9.17, 15) is 8.42 Å². The molecule has 1 aromatic heterocycles. The number of aromatic nitrogens is 1. The predicted molar refractivity (Wildman–Crippen MR) is 45.6 cm³/mol. The standard InChI is InChI=1S/C5H3ClN4O2S/c6-5-2-1-4(3-8-5)13(11,12)10-9-7/h1-3H. The first-order valence-corrected chi connectivity index (χ1v) is 4.81. The molecule has 0 aliphatic heterocycles. The van der Waals surface area contributed by atoms with Gasteiger partial charge >= 0.3 is 0 Å². The van der Waals surface area contributed by atoms with Crippen LogP contribution in [0, 0.1) is 0 Å². The molecule has 0 spiro atoms. The van der Waals surface area contributed by atoms with Crippen molar-refractivity contribution < 1.29 is 8.42 Å². The summed E-state index contributed by atoms with van der Waals surface area (Å²) in [6, 6.07) is 2.50. The van der Waals surface area contributed by atoms with Crippen LogP contribution in [0.4, 0.5) is 0 Å². The Bertz CT molecular complexity index is 448. The summed E-state index contributed by atoms with van der Waals surface area (Å²) in [6.45, 7) is 0. The molecule has 0 aromatic carbocycles. The number of hydrogen-bond donors (Lipinski definition) is 0. The molecule has 0 N–H and O–H groups in total. The Morgan fingerprint density at radius 2 is 2.23 bits per heavy atom. The van der Waals surface area contributed by atoms with Crippen molar-refractivity contribution in [3.63, 3.8) is 0 Å². The van der Waals surface area contributed by atoms with Crippen LogP contribution < -0.4 is 0 Å². The SMILES string of the molecule is [N-]=[N+]=NS(=O)(=O)c1ccc(Cl)nc1. The predicted octanol–water partition coefficient (Wildman–Crippen LogP) is 1.73. The molecule has 1 aromatic rings. The second-order valence-corrected chi connectivity index (χ2v) is 3.93. The average Bonchev–Trinajstić information content (AvgIpc) is 2.05. The van der Waals surface area contributed by atoms with Gasteiger partial charge in [-0.1, -0.05) is 11.6 Å². The van der Waals surface area contributed by atoms with Gasteiger partial charge in [-0.2, -0.15) is 0 Å². The van der Waals surface area contributed by atoms with Gasteiger partial charge in [0.15, 0.2) is 0 Å². The molecule has 8 heteroatoms. The van der Waals surface area contributed by atoms with Crippen LogP contribution in [0.3, 0.4) is 0 Å². The molecule has 1 rings (SSSR count). The lowest BCUT2D eigenvalue weighted by Gasteiger charge is -1.94. The lowest BCUT2D eigenvalue weighted by Crippen LogP contribution is -1.95. The molecule has 68 valence electrons. The van der Waals surface area contributed by atoms with Crippen molar-refractivity contribution >= 4 is 21.6 Å². The molecule has 0 saturated carbocycles. The van der Waals surface area contributed by atoms with E-state index < -0.39 is 10.0 Å². The molecule has 13 heavy (non-hydrogen) atoms. The normalized spacial score (nSPS) is 10.5. The van der Waals surface area contributed by atoms with Crippen molar-refractivity contribution in [1.82, 2.24) is 4.98 Å². The molecule has 0 atom stereocenters. The van der Waals surface area contributed by atoms with Crippen LogP contribution >= 0.6 is 11.6 Å². The van der Waals surface area contributed by atoms with Gasteiger partial charge < -0.3 is 0 Å². The lowest BCUT2D eigenvalue weighted by molar-refractivity contribution is 0.597. The molecular formula is C5H3ClN4O2S. The quantitative estimate of drug-likeness (QED) is 0.327. The Labute approximate surface area is 78.8 Å². The van der Waals surface area contributed by atoms with E-state index in [1.54, 1.807) is 0 Å². The summed E-state index contributed by atoms with van der Waals surface area (Å²) in [5, 5.41) is 0.167. The van der Waals surface area contributed by atoms with Crippen molar-refractivity contribution in [2.24, 2.45) is 4.52 Å². The zero-order chi connectivity index (χ0) is 9.90. The van der Waals surface area contributed by atoms with E-state index in [1.165, 1.54) is 12.1 Å². The third kappa shape index (κ3) is 2.32. The molecule has 0 radical (unpaired) electrons. The summed E-state index contributed by atoms with van der Waals surface area (Å²) in [4.78, 5) is 5.53. The zero-order valence-electron chi connectivity index (χ0n) is 6.12. The number of azide groups is 1. The van der Waals surface area contributed by atoms with Crippen LogP contribution in [0.15, 0.2) is 27.7 Å². The van der Waals surface area contributed by atoms with Gasteiger partial charge in [-0.05, 0) is 17.7 Å². The highest BCUT2D eigenvalue weighted by molar-refractivity contribution is 7.90. The molecule has 0 unspecified atom stereocenters. The summed E-state index contributed by atoms with van der Waals surface area (Å²) in [6.07, 6.45) is 1.02. The van der Waals surface area contributed by atoms with Crippen LogP contribution in [0.1, 0.15) is 0 Å². The van der Waals surface area contributed by atoms with Crippen molar-refractivity contribution in [3.8, 4) is 0 Å². The Morgan fingerprint density at radius 1 is 1.54 bits per heavy atom. The van der Waals surface area contributed by atoms with Crippen LogP contribution in [-0.2, 0) is 10.0 Å². The number of hydrogen-bond acceptors (Lipinski definition) is 3. The van der Waals surface area contributed by atoms with E-state index in [1.807, 2.05) is 0 Å². The molecule has 0 bridgehead atoms. The summed E-state index contributed by atoms with van der Waals surface area (Å²) < 4.78 is 24.7. The van der Waals surface area contributed by atoms with E-state index in [2.05, 4.69) is 14.4 Å². The number of halogens is 1. The highest BCUT2D eigenvalue weighted by Gasteiger charge is 2.11. The van der Waals surface area contributed by atoms with E-state index >= 15 is 0 Å². The Morgan fingerprint density at radius 3 is 2.69 bits per heavy atom. The summed E-state index contributed by atoms with van der Waals surface area (Å²) in [5.74, 6) is 0. The van der Waals surface area contributed by atoms with Crippen LogP contribution in [0.2, 0.25) is 5.15 Å². The molecule has 0 saturated heterocycles. The monoisotopic (exact) mass is 218 g/mol. The minimum Gasteiger partial charge on any atom is -0.243 e. The number of pyridine rings is 1. The van der Waals surface area contributed by atoms with Crippen molar-refractivity contribution in [2.45, 2.75) is 4.90 Å². The van der Waals surface area contributed by atoms with Crippen LogP contribution in [0.5, 0.6) is 0 Å². The Balaban J connectivity index is 3.24. The van der Waals surface area contributed by atoms with Gasteiger partial charge in [0, 0.05) is 15.6 Å². The molecule has 0 fully saturated rings. The zero-order valence-corrected chi connectivity index (χ0v) is 7.70. The smallest absolute Gasteiger partial charge is 0.243 e. The molecule has 6 nitrogen and oxygen atoms in total. The van der Waals surface area contributed by atoms with Gasteiger partial charge in [0.05, 0.1) is 4.90 Å². The molecular weight excluding hydrogens is 216 g/mol.